The average molecular weight is 729 g/mol. The van der Waals surface area contributed by atoms with Gasteiger partial charge >= 0.3 is 17.9 Å². The monoisotopic (exact) mass is 727 g/mol. The molecule has 2 N–H and O–H groups in total. The van der Waals surface area contributed by atoms with Crippen molar-refractivity contribution in [1.82, 2.24) is 0 Å². The Hall–Kier alpha value is -3.73. The molecule has 0 aliphatic heterocycles. The smallest absolute Gasteiger partial charge is 0.360 e. The molecule has 1 unspecified atom stereocenters. The number of para-hydroxylation sites is 1. The summed E-state index contributed by atoms with van der Waals surface area (Å²) in [4.78, 5) is 40.7. The van der Waals surface area contributed by atoms with Crippen LogP contribution in [0.25, 0.3) is 11.1 Å². The van der Waals surface area contributed by atoms with Crippen molar-refractivity contribution >= 4 is 64.5 Å². The van der Waals surface area contributed by atoms with Crippen LogP contribution in [0.2, 0.25) is 15.1 Å². The molecule has 0 amide bonds. The van der Waals surface area contributed by atoms with Gasteiger partial charge in [-0.2, -0.15) is 11.8 Å². The minimum absolute atomic E-state index is 0.0455. The highest BCUT2D eigenvalue weighted by atomic mass is 35.5. The molecule has 0 bridgehead atoms. The first kappa shape index (κ1) is 35.6. The first-order valence-corrected chi connectivity index (χ1v) is 17.5. The van der Waals surface area contributed by atoms with Gasteiger partial charge in [-0.3, -0.25) is 9.59 Å². The Morgan fingerprint density at radius 1 is 0.875 bits per heavy atom. The molecular formula is C36H32Cl3NO7S. The molecule has 0 spiro atoms. The standard InChI is InChI=1S/C36H32Cl3NO7S/c1-44-35(43)36(47-34(42)29(40)15-17-48-2,25-12-7-9-22-18-21-8-3-4-10-23(21)33(22)25)24-11-5-6-13-30(24)45-16-14-32(41)46-31-20-27(38)26(37)19-28(31)39/h3-13,19-20,29H,14-18,40H2,1-2H3/t29-,36?/m0/s1. The number of rotatable bonds is 13. The fourth-order valence-corrected chi connectivity index (χ4v) is 6.68. The summed E-state index contributed by atoms with van der Waals surface area (Å²) in [5, 5.41) is 0.501. The van der Waals surface area contributed by atoms with Crippen LogP contribution in [-0.2, 0) is 35.9 Å². The number of halogens is 3. The molecule has 0 saturated carbocycles. The maximum absolute atomic E-state index is 14.2. The van der Waals surface area contributed by atoms with E-state index < -0.39 is 29.6 Å². The van der Waals surface area contributed by atoms with Crippen LogP contribution in [0.5, 0.6) is 11.5 Å². The van der Waals surface area contributed by atoms with Crippen LogP contribution < -0.4 is 15.2 Å². The number of fused-ring (bicyclic) bond motifs is 3. The molecule has 0 saturated heterocycles. The molecule has 2 atom stereocenters. The molecule has 0 heterocycles. The lowest BCUT2D eigenvalue weighted by Crippen LogP contribution is -2.47. The Morgan fingerprint density at radius 3 is 2.33 bits per heavy atom. The lowest BCUT2D eigenvalue weighted by molar-refractivity contribution is -0.178. The van der Waals surface area contributed by atoms with Crippen LogP contribution in [0, 0.1) is 0 Å². The second kappa shape index (κ2) is 15.7. The number of ether oxygens (including phenoxy) is 4. The number of carbonyl (C=O) groups is 3. The predicted octanol–water partition coefficient (Wildman–Crippen LogP) is 7.63. The lowest BCUT2D eigenvalue weighted by Gasteiger charge is -2.35. The van der Waals surface area contributed by atoms with Crippen LogP contribution >= 0.6 is 46.6 Å². The number of esters is 3. The van der Waals surface area contributed by atoms with Crippen LogP contribution in [0.4, 0.5) is 0 Å². The van der Waals surface area contributed by atoms with Gasteiger partial charge in [0, 0.05) is 11.6 Å². The molecule has 5 rings (SSSR count). The number of hydrogen-bond donors (Lipinski definition) is 1. The van der Waals surface area contributed by atoms with Gasteiger partial charge in [-0.1, -0.05) is 95.5 Å². The minimum atomic E-state index is -2.13. The summed E-state index contributed by atoms with van der Waals surface area (Å²) in [5.41, 5.74) is 8.42. The fourth-order valence-electron chi connectivity index (χ4n) is 5.62. The third kappa shape index (κ3) is 7.31. The average Bonchev–Trinajstić information content (AvgIpc) is 3.47. The maximum atomic E-state index is 14.2. The predicted molar refractivity (Wildman–Crippen MR) is 188 cm³/mol. The first-order valence-electron chi connectivity index (χ1n) is 14.9. The van der Waals surface area contributed by atoms with Gasteiger partial charge in [0.2, 0.25) is 0 Å². The molecule has 0 fully saturated rings. The summed E-state index contributed by atoms with van der Waals surface area (Å²) in [6.45, 7) is -0.164. The maximum Gasteiger partial charge on any atom is 0.360 e. The summed E-state index contributed by atoms with van der Waals surface area (Å²) in [6, 6.07) is 21.7. The molecule has 48 heavy (non-hydrogen) atoms. The van der Waals surface area contributed by atoms with E-state index in [9.17, 15) is 14.4 Å². The second-order valence-electron chi connectivity index (χ2n) is 10.9. The Labute approximate surface area is 297 Å². The summed E-state index contributed by atoms with van der Waals surface area (Å²) >= 11 is 19.7. The van der Waals surface area contributed by atoms with E-state index in [4.69, 9.17) is 59.5 Å². The Morgan fingerprint density at radius 2 is 1.56 bits per heavy atom. The minimum Gasteiger partial charge on any atom is -0.493 e. The molecule has 0 radical (unpaired) electrons. The molecule has 12 heteroatoms. The lowest BCUT2D eigenvalue weighted by atomic mass is 9.80. The fraction of sp³-hybridized carbons (Fsp3) is 0.250. The highest BCUT2D eigenvalue weighted by Gasteiger charge is 2.52. The van der Waals surface area contributed by atoms with Crippen molar-refractivity contribution in [3.63, 3.8) is 0 Å². The van der Waals surface area contributed by atoms with E-state index in [1.807, 2.05) is 42.7 Å². The summed E-state index contributed by atoms with van der Waals surface area (Å²) in [6.07, 6.45) is 2.66. The van der Waals surface area contributed by atoms with Crippen molar-refractivity contribution in [3.8, 4) is 22.6 Å². The van der Waals surface area contributed by atoms with Crippen molar-refractivity contribution in [2.75, 3.05) is 25.7 Å². The van der Waals surface area contributed by atoms with Crippen LogP contribution in [0.15, 0.2) is 78.9 Å². The van der Waals surface area contributed by atoms with Crippen molar-refractivity contribution in [2.24, 2.45) is 5.73 Å². The first-order chi connectivity index (χ1) is 23.1. The van der Waals surface area contributed by atoms with E-state index in [1.165, 1.54) is 31.0 Å². The quantitative estimate of drug-likeness (QED) is 0.0743. The van der Waals surface area contributed by atoms with Gasteiger partial charge in [0.1, 0.15) is 11.8 Å². The Bertz CT molecular complexity index is 1850. The van der Waals surface area contributed by atoms with Crippen LogP contribution in [0.3, 0.4) is 0 Å². The van der Waals surface area contributed by atoms with E-state index in [1.54, 1.807) is 30.3 Å². The molecule has 4 aromatic carbocycles. The van der Waals surface area contributed by atoms with Gasteiger partial charge in [-0.05, 0) is 59.2 Å². The zero-order valence-corrected chi connectivity index (χ0v) is 29.2. The number of hydrogen-bond acceptors (Lipinski definition) is 9. The molecule has 8 nitrogen and oxygen atoms in total. The van der Waals surface area contributed by atoms with E-state index in [0.717, 1.165) is 22.3 Å². The van der Waals surface area contributed by atoms with E-state index >= 15 is 0 Å². The molecule has 0 aromatic heterocycles. The van der Waals surface area contributed by atoms with E-state index in [-0.39, 0.29) is 45.2 Å². The zero-order valence-electron chi connectivity index (χ0n) is 26.1. The van der Waals surface area contributed by atoms with E-state index in [0.29, 0.717) is 24.2 Å². The van der Waals surface area contributed by atoms with Crippen molar-refractivity contribution in [3.05, 3.63) is 116 Å². The van der Waals surface area contributed by atoms with Gasteiger partial charge < -0.3 is 24.7 Å². The highest BCUT2D eigenvalue weighted by Crippen LogP contribution is 2.48. The third-order valence-electron chi connectivity index (χ3n) is 7.89. The van der Waals surface area contributed by atoms with Gasteiger partial charge in [0.15, 0.2) is 5.75 Å². The van der Waals surface area contributed by atoms with Crippen molar-refractivity contribution in [1.29, 1.82) is 0 Å². The van der Waals surface area contributed by atoms with Crippen LogP contribution in [0.1, 0.15) is 35.1 Å². The molecule has 4 aromatic rings. The van der Waals surface area contributed by atoms with Gasteiger partial charge in [-0.25, -0.2) is 4.79 Å². The number of carbonyl (C=O) groups excluding carboxylic acids is 3. The zero-order chi connectivity index (χ0) is 34.4. The second-order valence-corrected chi connectivity index (χ2v) is 13.1. The number of thioether (sulfide) groups is 1. The third-order valence-corrected chi connectivity index (χ3v) is 9.55. The van der Waals surface area contributed by atoms with E-state index in [2.05, 4.69) is 0 Å². The molecule has 1 aliphatic rings. The Balaban J connectivity index is 1.56. The number of methoxy groups -OCH3 is 1. The van der Waals surface area contributed by atoms with Gasteiger partial charge in [0.25, 0.3) is 5.60 Å². The van der Waals surface area contributed by atoms with Crippen LogP contribution in [-0.4, -0.2) is 49.7 Å². The molecule has 1 aliphatic carbocycles. The topological polar surface area (TPSA) is 114 Å². The van der Waals surface area contributed by atoms with Gasteiger partial charge in [-0.15, -0.1) is 0 Å². The van der Waals surface area contributed by atoms with Gasteiger partial charge in [0.05, 0.1) is 40.8 Å². The number of benzene rings is 4. The molecule has 250 valence electrons. The normalized spacial score (nSPS) is 13.5. The Kier molecular flexibility index (Phi) is 11.6. The highest BCUT2D eigenvalue weighted by molar-refractivity contribution is 7.98. The van der Waals surface area contributed by atoms with Crippen molar-refractivity contribution in [2.45, 2.75) is 30.9 Å². The summed E-state index contributed by atoms with van der Waals surface area (Å²) in [7, 11) is 1.23. The van der Waals surface area contributed by atoms with Crippen molar-refractivity contribution < 1.29 is 33.3 Å². The molecular weight excluding hydrogens is 697 g/mol. The summed E-state index contributed by atoms with van der Waals surface area (Å²) in [5.74, 6) is -1.46. The number of nitrogens with two attached hydrogens (primary N) is 1. The summed E-state index contributed by atoms with van der Waals surface area (Å²) < 4.78 is 23.2. The largest absolute Gasteiger partial charge is 0.493 e. The SMILES string of the molecule is COC(=O)C(OC(=O)[C@@H](N)CCSC)(c1ccccc1OCCC(=O)Oc1cc(Cl)c(Cl)cc1Cl)c1cccc2c1-c1ccccc1C2.